The molecule has 0 fully saturated rings. The maximum Gasteiger partial charge on any atom is 0.253 e. The van der Waals surface area contributed by atoms with Gasteiger partial charge in [-0.05, 0) is 25.1 Å². The maximum absolute atomic E-state index is 11.9. The lowest BCUT2D eigenvalue weighted by Crippen LogP contribution is -2.31. The number of aromatic amines is 1. The minimum absolute atomic E-state index is 0.0262. The summed E-state index contributed by atoms with van der Waals surface area (Å²) in [5.41, 5.74) is 5.48. The number of carbonyl (C=O) groups excluding carboxylic acids is 1. The van der Waals surface area contributed by atoms with Gasteiger partial charge in [-0.15, -0.1) is 0 Å². The molecule has 0 saturated heterocycles. The van der Waals surface area contributed by atoms with Gasteiger partial charge in [-0.2, -0.15) is 0 Å². The molecule has 1 aromatic carbocycles. The van der Waals surface area contributed by atoms with E-state index in [0.29, 0.717) is 17.9 Å². The predicted octanol–water partition coefficient (Wildman–Crippen LogP) is 2.73. The number of nitrogens with one attached hydrogen (secondary N) is 2. The number of fused-ring (bicyclic) bond motifs is 1. The molecule has 3 heterocycles. The Bertz CT molecular complexity index is 898. The Balaban J connectivity index is 1.76. The average Bonchev–Trinajstić information content (AvgIpc) is 3.01. The second-order valence-electron chi connectivity index (χ2n) is 5.72. The van der Waals surface area contributed by atoms with E-state index in [0.717, 1.165) is 29.1 Å². The molecule has 114 valence electrons. The van der Waals surface area contributed by atoms with Crippen LogP contribution in [-0.2, 0) is 6.42 Å². The summed E-state index contributed by atoms with van der Waals surface area (Å²) in [5.74, 6) is 0.657. The molecule has 1 aliphatic heterocycles. The lowest BCUT2D eigenvalue weighted by atomic mass is 10.1. The molecule has 0 spiro atoms. The summed E-state index contributed by atoms with van der Waals surface area (Å²) >= 11 is 0. The Labute approximate surface area is 133 Å². The average molecular weight is 304 g/mol. The van der Waals surface area contributed by atoms with Crippen molar-refractivity contribution in [2.45, 2.75) is 13.3 Å². The Hall–Kier alpha value is -2.95. The van der Waals surface area contributed by atoms with Crippen molar-refractivity contribution in [3.05, 3.63) is 59.4 Å². The molecule has 4 rings (SSSR count). The van der Waals surface area contributed by atoms with Gasteiger partial charge >= 0.3 is 0 Å². The summed E-state index contributed by atoms with van der Waals surface area (Å²) in [6.07, 6.45) is 2.57. The number of hydrogen-bond acceptors (Lipinski definition) is 3. The topological polar surface area (TPSA) is 70.7 Å². The third-order valence-electron chi connectivity index (χ3n) is 4.01. The standard InChI is InChI=1S/C18H16N4O/c1-11-3-2-4-12(9-11)17-19-7-6-15(22-17)16-10-13-14(21-16)5-8-20-18(13)23/h2-4,6-7,9-10,21H,5,8H2,1H3,(H,20,23). The van der Waals surface area contributed by atoms with Crippen molar-refractivity contribution in [1.82, 2.24) is 20.3 Å². The quantitative estimate of drug-likeness (QED) is 0.764. The third-order valence-corrected chi connectivity index (χ3v) is 4.01. The summed E-state index contributed by atoms with van der Waals surface area (Å²) in [6, 6.07) is 11.8. The summed E-state index contributed by atoms with van der Waals surface area (Å²) < 4.78 is 0. The minimum Gasteiger partial charge on any atom is -0.356 e. The lowest BCUT2D eigenvalue weighted by Gasteiger charge is -2.10. The predicted molar refractivity (Wildman–Crippen MR) is 88.0 cm³/mol. The fourth-order valence-electron chi connectivity index (χ4n) is 2.86. The fourth-order valence-corrected chi connectivity index (χ4v) is 2.86. The van der Waals surface area contributed by atoms with Gasteiger partial charge in [-0.25, -0.2) is 9.97 Å². The number of aryl methyl sites for hydroxylation is 1. The van der Waals surface area contributed by atoms with Crippen LogP contribution in [-0.4, -0.2) is 27.4 Å². The number of hydrogen-bond donors (Lipinski definition) is 2. The Kier molecular flexibility index (Phi) is 3.19. The number of rotatable bonds is 2. The third kappa shape index (κ3) is 2.50. The van der Waals surface area contributed by atoms with E-state index in [1.165, 1.54) is 5.56 Å². The fraction of sp³-hybridized carbons (Fsp3) is 0.167. The molecule has 23 heavy (non-hydrogen) atoms. The van der Waals surface area contributed by atoms with Gasteiger partial charge in [-0.3, -0.25) is 4.79 Å². The molecule has 0 atom stereocenters. The van der Waals surface area contributed by atoms with Crippen LogP contribution in [0.3, 0.4) is 0 Å². The van der Waals surface area contributed by atoms with Crippen LogP contribution < -0.4 is 5.32 Å². The number of carbonyl (C=O) groups is 1. The second-order valence-corrected chi connectivity index (χ2v) is 5.72. The minimum atomic E-state index is -0.0262. The highest BCUT2D eigenvalue weighted by Gasteiger charge is 2.20. The molecule has 5 heteroatoms. The first-order chi connectivity index (χ1) is 11.2. The maximum atomic E-state index is 11.9. The van der Waals surface area contributed by atoms with Gasteiger partial charge in [-0.1, -0.05) is 23.8 Å². The van der Waals surface area contributed by atoms with Crippen molar-refractivity contribution in [2.24, 2.45) is 0 Å². The molecule has 0 unspecified atom stereocenters. The highest BCUT2D eigenvalue weighted by atomic mass is 16.1. The van der Waals surface area contributed by atoms with E-state index in [1.54, 1.807) is 6.20 Å². The van der Waals surface area contributed by atoms with E-state index in [4.69, 9.17) is 0 Å². The molecule has 2 aromatic heterocycles. The van der Waals surface area contributed by atoms with E-state index in [1.807, 2.05) is 37.3 Å². The molecule has 5 nitrogen and oxygen atoms in total. The largest absolute Gasteiger partial charge is 0.356 e. The lowest BCUT2D eigenvalue weighted by molar-refractivity contribution is 0.0946. The van der Waals surface area contributed by atoms with Crippen molar-refractivity contribution >= 4 is 5.91 Å². The van der Waals surface area contributed by atoms with Crippen LogP contribution in [0.15, 0.2) is 42.6 Å². The smallest absolute Gasteiger partial charge is 0.253 e. The first-order valence-corrected chi connectivity index (χ1v) is 7.61. The SMILES string of the molecule is Cc1cccc(-c2nccc(-c3cc4c([nH]3)CCNC4=O)n2)c1. The summed E-state index contributed by atoms with van der Waals surface area (Å²) in [5, 5.41) is 2.85. The zero-order chi connectivity index (χ0) is 15.8. The van der Waals surface area contributed by atoms with Crippen LogP contribution in [0.4, 0.5) is 0 Å². The molecular weight excluding hydrogens is 288 g/mol. The number of amides is 1. The van der Waals surface area contributed by atoms with E-state index in [9.17, 15) is 4.79 Å². The van der Waals surface area contributed by atoms with E-state index in [-0.39, 0.29) is 5.91 Å². The van der Waals surface area contributed by atoms with Gasteiger partial charge in [0.15, 0.2) is 5.82 Å². The molecule has 0 aliphatic carbocycles. The van der Waals surface area contributed by atoms with E-state index >= 15 is 0 Å². The van der Waals surface area contributed by atoms with Gasteiger partial charge in [0.25, 0.3) is 5.91 Å². The van der Waals surface area contributed by atoms with Gasteiger partial charge in [0.1, 0.15) is 0 Å². The van der Waals surface area contributed by atoms with Gasteiger partial charge < -0.3 is 10.3 Å². The van der Waals surface area contributed by atoms with Crippen molar-refractivity contribution in [3.8, 4) is 22.8 Å². The van der Waals surface area contributed by atoms with E-state index < -0.39 is 0 Å². The Morgan fingerprint density at radius 1 is 1.17 bits per heavy atom. The number of benzene rings is 1. The molecule has 0 radical (unpaired) electrons. The molecular formula is C18H16N4O. The van der Waals surface area contributed by atoms with Gasteiger partial charge in [0.05, 0.1) is 17.0 Å². The van der Waals surface area contributed by atoms with Crippen LogP contribution >= 0.6 is 0 Å². The highest BCUT2D eigenvalue weighted by Crippen LogP contribution is 2.24. The second kappa shape index (κ2) is 5.35. The normalized spacial score (nSPS) is 13.5. The van der Waals surface area contributed by atoms with Crippen molar-refractivity contribution in [2.75, 3.05) is 6.54 Å². The molecule has 1 amide bonds. The molecule has 2 N–H and O–H groups in total. The number of H-pyrrole nitrogens is 1. The number of aromatic nitrogens is 3. The first-order valence-electron chi connectivity index (χ1n) is 7.61. The van der Waals surface area contributed by atoms with Crippen molar-refractivity contribution in [3.63, 3.8) is 0 Å². The molecule has 0 saturated carbocycles. The van der Waals surface area contributed by atoms with E-state index in [2.05, 4.69) is 26.3 Å². The molecule has 3 aromatic rings. The monoisotopic (exact) mass is 304 g/mol. The highest BCUT2D eigenvalue weighted by molar-refractivity contribution is 5.97. The zero-order valence-electron chi connectivity index (χ0n) is 12.8. The molecule has 1 aliphatic rings. The number of nitrogens with zero attached hydrogens (tertiary/aromatic N) is 2. The van der Waals surface area contributed by atoms with Crippen LogP contribution in [0.2, 0.25) is 0 Å². The summed E-state index contributed by atoms with van der Waals surface area (Å²) in [6.45, 7) is 2.72. The van der Waals surface area contributed by atoms with Crippen LogP contribution in [0.5, 0.6) is 0 Å². The zero-order valence-corrected chi connectivity index (χ0v) is 12.8. The van der Waals surface area contributed by atoms with Gasteiger partial charge in [0.2, 0.25) is 0 Å². The van der Waals surface area contributed by atoms with Crippen LogP contribution in [0.1, 0.15) is 21.6 Å². The van der Waals surface area contributed by atoms with Crippen molar-refractivity contribution in [1.29, 1.82) is 0 Å². The summed E-state index contributed by atoms with van der Waals surface area (Å²) in [7, 11) is 0. The first kappa shape index (κ1) is 13.7. The molecule has 0 bridgehead atoms. The van der Waals surface area contributed by atoms with Gasteiger partial charge in [0, 0.05) is 30.4 Å². The van der Waals surface area contributed by atoms with Crippen LogP contribution in [0.25, 0.3) is 22.8 Å². The van der Waals surface area contributed by atoms with Crippen molar-refractivity contribution < 1.29 is 4.79 Å². The van der Waals surface area contributed by atoms with Crippen LogP contribution in [0, 0.1) is 6.92 Å². The summed E-state index contributed by atoms with van der Waals surface area (Å²) in [4.78, 5) is 24.2. The Morgan fingerprint density at radius 3 is 2.91 bits per heavy atom. The Morgan fingerprint density at radius 2 is 2.09 bits per heavy atom.